The Labute approximate surface area is 141 Å². The maximum absolute atomic E-state index is 11.2. The number of carbonyl (C=O) groups excluding carboxylic acids is 1. The summed E-state index contributed by atoms with van der Waals surface area (Å²) in [6, 6.07) is 4.90. The molecule has 2 N–H and O–H groups in total. The minimum absolute atomic E-state index is 0.0590. The minimum atomic E-state index is -0.393. The quantitative estimate of drug-likeness (QED) is 0.615. The first kappa shape index (κ1) is 18.2. The third kappa shape index (κ3) is 4.03. The molecule has 2 unspecified atom stereocenters. The van der Waals surface area contributed by atoms with Crippen molar-refractivity contribution in [1.82, 2.24) is 5.32 Å². The summed E-state index contributed by atoms with van der Waals surface area (Å²) >= 11 is 0. The normalized spacial score (nSPS) is 20.0. The summed E-state index contributed by atoms with van der Waals surface area (Å²) in [4.78, 5) is 21.9. The van der Waals surface area contributed by atoms with Crippen molar-refractivity contribution >= 4 is 17.3 Å². The Balaban J connectivity index is 2.28. The summed E-state index contributed by atoms with van der Waals surface area (Å²) < 4.78 is 5.85. The molecule has 0 bridgehead atoms. The van der Waals surface area contributed by atoms with Crippen LogP contribution in [0.2, 0.25) is 0 Å². The van der Waals surface area contributed by atoms with Crippen molar-refractivity contribution in [3.63, 3.8) is 0 Å². The van der Waals surface area contributed by atoms with Crippen molar-refractivity contribution in [3.8, 4) is 0 Å². The SMILES string of the molecule is CCOC1CC(C(C)(C)CNC(C)=O)Nc2ccc([N+](=O)[O-])cc21. The lowest BCUT2D eigenvalue weighted by atomic mass is 9.78. The van der Waals surface area contributed by atoms with E-state index in [1.54, 1.807) is 12.1 Å². The maximum Gasteiger partial charge on any atom is 0.269 e. The topological polar surface area (TPSA) is 93.5 Å². The minimum Gasteiger partial charge on any atom is -0.381 e. The summed E-state index contributed by atoms with van der Waals surface area (Å²) in [5, 5.41) is 17.4. The lowest BCUT2D eigenvalue weighted by Crippen LogP contribution is -2.47. The van der Waals surface area contributed by atoms with Gasteiger partial charge < -0.3 is 15.4 Å². The molecule has 2 atom stereocenters. The van der Waals surface area contributed by atoms with E-state index in [0.717, 1.165) is 11.3 Å². The van der Waals surface area contributed by atoms with Gasteiger partial charge in [0.2, 0.25) is 5.91 Å². The van der Waals surface area contributed by atoms with Gasteiger partial charge in [-0.1, -0.05) is 13.8 Å². The molecule has 1 aromatic rings. The van der Waals surface area contributed by atoms with Gasteiger partial charge in [-0.2, -0.15) is 0 Å². The molecule has 0 aromatic heterocycles. The van der Waals surface area contributed by atoms with E-state index in [2.05, 4.69) is 24.5 Å². The number of anilines is 1. The van der Waals surface area contributed by atoms with Gasteiger partial charge >= 0.3 is 0 Å². The Hall–Kier alpha value is -2.15. The molecule has 7 heteroatoms. The Morgan fingerprint density at radius 3 is 2.79 bits per heavy atom. The van der Waals surface area contributed by atoms with Crippen LogP contribution in [-0.2, 0) is 9.53 Å². The van der Waals surface area contributed by atoms with Crippen molar-refractivity contribution in [2.75, 3.05) is 18.5 Å². The Kier molecular flexibility index (Phi) is 5.43. The van der Waals surface area contributed by atoms with Crippen molar-refractivity contribution in [2.45, 2.75) is 46.3 Å². The molecule has 0 radical (unpaired) electrons. The van der Waals surface area contributed by atoms with E-state index in [0.29, 0.717) is 19.6 Å². The van der Waals surface area contributed by atoms with Crippen LogP contribution in [0.1, 0.15) is 45.8 Å². The average Bonchev–Trinajstić information content (AvgIpc) is 2.52. The number of amides is 1. The van der Waals surface area contributed by atoms with Crippen molar-refractivity contribution < 1.29 is 14.5 Å². The summed E-state index contributed by atoms with van der Waals surface area (Å²) in [5.74, 6) is -0.0590. The largest absolute Gasteiger partial charge is 0.381 e. The van der Waals surface area contributed by atoms with E-state index < -0.39 is 4.92 Å². The monoisotopic (exact) mass is 335 g/mol. The number of nitro groups is 1. The smallest absolute Gasteiger partial charge is 0.269 e. The van der Waals surface area contributed by atoms with Crippen LogP contribution in [0.25, 0.3) is 0 Å². The van der Waals surface area contributed by atoms with Crippen LogP contribution in [0.15, 0.2) is 18.2 Å². The molecule has 1 amide bonds. The Bertz CT molecular complexity index is 630. The highest BCUT2D eigenvalue weighted by atomic mass is 16.6. The third-order valence-corrected chi connectivity index (χ3v) is 4.48. The van der Waals surface area contributed by atoms with Gasteiger partial charge in [0.1, 0.15) is 0 Å². The van der Waals surface area contributed by atoms with Gasteiger partial charge in [0, 0.05) is 54.9 Å². The molecule has 1 heterocycles. The molecule has 2 rings (SSSR count). The molecule has 1 aromatic carbocycles. The van der Waals surface area contributed by atoms with Crippen molar-refractivity contribution in [3.05, 3.63) is 33.9 Å². The van der Waals surface area contributed by atoms with Crippen LogP contribution >= 0.6 is 0 Å². The second kappa shape index (κ2) is 7.17. The van der Waals surface area contributed by atoms with Crippen LogP contribution in [0.3, 0.4) is 0 Å². The van der Waals surface area contributed by atoms with Gasteiger partial charge in [0.25, 0.3) is 5.69 Å². The zero-order chi connectivity index (χ0) is 17.9. The molecule has 0 saturated heterocycles. The summed E-state index contributed by atoms with van der Waals surface area (Å²) in [7, 11) is 0. The summed E-state index contributed by atoms with van der Waals surface area (Å²) in [5.41, 5.74) is 1.54. The number of benzene rings is 1. The van der Waals surface area contributed by atoms with Gasteiger partial charge in [0.05, 0.1) is 11.0 Å². The lowest BCUT2D eigenvalue weighted by molar-refractivity contribution is -0.385. The van der Waals surface area contributed by atoms with E-state index >= 15 is 0 Å². The standard InChI is InChI=1S/C17H25N3O4/c1-5-24-15-9-16(17(3,4)10-18-11(2)21)19-14-7-6-12(20(22)23)8-13(14)15/h6-8,15-16,19H,5,9-10H2,1-4H3,(H,18,21). The van der Waals surface area contributed by atoms with Crippen LogP contribution in [0.5, 0.6) is 0 Å². The predicted octanol–water partition coefficient (Wildman–Crippen LogP) is 3.02. The number of carbonyl (C=O) groups is 1. The molecule has 0 saturated carbocycles. The number of fused-ring (bicyclic) bond motifs is 1. The first-order valence-electron chi connectivity index (χ1n) is 8.15. The fourth-order valence-electron chi connectivity index (χ4n) is 3.00. The van der Waals surface area contributed by atoms with E-state index in [9.17, 15) is 14.9 Å². The number of nitro benzene ring substituents is 1. The highest BCUT2D eigenvalue weighted by molar-refractivity contribution is 5.72. The zero-order valence-electron chi connectivity index (χ0n) is 14.6. The molecule has 0 aliphatic carbocycles. The van der Waals surface area contributed by atoms with Crippen molar-refractivity contribution in [2.24, 2.45) is 5.41 Å². The number of nitrogens with zero attached hydrogens (tertiary/aromatic N) is 1. The summed E-state index contributed by atoms with van der Waals surface area (Å²) in [6.45, 7) is 8.66. The maximum atomic E-state index is 11.2. The predicted molar refractivity (Wildman–Crippen MR) is 92.0 cm³/mol. The zero-order valence-corrected chi connectivity index (χ0v) is 14.6. The first-order valence-corrected chi connectivity index (χ1v) is 8.15. The highest BCUT2D eigenvalue weighted by Gasteiger charge is 2.37. The molecule has 132 valence electrons. The number of hydrogen-bond acceptors (Lipinski definition) is 5. The van der Waals surface area contributed by atoms with Crippen LogP contribution < -0.4 is 10.6 Å². The second-order valence-electron chi connectivity index (χ2n) is 6.80. The van der Waals surface area contributed by atoms with Gasteiger partial charge in [-0.3, -0.25) is 14.9 Å². The van der Waals surface area contributed by atoms with Crippen LogP contribution in [0.4, 0.5) is 11.4 Å². The first-order chi connectivity index (χ1) is 11.2. The molecular weight excluding hydrogens is 310 g/mol. The fraction of sp³-hybridized carbons (Fsp3) is 0.588. The number of ether oxygens (including phenoxy) is 1. The Morgan fingerprint density at radius 1 is 1.50 bits per heavy atom. The number of rotatable bonds is 6. The van der Waals surface area contributed by atoms with E-state index in [-0.39, 0.29) is 29.2 Å². The fourth-order valence-corrected chi connectivity index (χ4v) is 3.00. The van der Waals surface area contributed by atoms with Gasteiger partial charge in [-0.05, 0) is 19.4 Å². The second-order valence-corrected chi connectivity index (χ2v) is 6.80. The van der Waals surface area contributed by atoms with E-state index in [1.165, 1.54) is 13.0 Å². The molecule has 24 heavy (non-hydrogen) atoms. The van der Waals surface area contributed by atoms with Gasteiger partial charge in [-0.25, -0.2) is 0 Å². The third-order valence-electron chi connectivity index (χ3n) is 4.48. The van der Waals surface area contributed by atoms with Crippen molar-refractivity contribution in [1.29, 1.82) is 0 Å². The number of hydrogen-bond donors (Lipinski definition) is 2. The average molecular weight is 335 g/mol. The lowest BCUT2D eigenvalue weighted by Gasteiger charge is -2.41. The highest BCUT2D eigenvalue weighted by Crippen LogP contribution is 2.41. The Morgan fingerprint density at radius 2 is 2.21 bits per heavy atom. The summed E-state index contributed by atoms with van der Waals surface area (Å²) in [6.07, 6.45) is 0.488. The molecule has 0 fully saturated rings. The van der Waals surface area contributed by atoms with E-state index in [4.69, 9.17) is 4.74 Å². The van der Waals surface area contributed by atoms with Gasteiger partial charge in [-0.15, -0.1) is 0 Å². The number of nitrogens with one attached hydrogen (secondary N) is 2. The molecular formula is C17H25N3O4. The van der Waals surface area contributed by atoms with E-state index in [1.807, 2.05) is 6.92 Å². The number of non-ortho nitro benzene ring substituents is 1. The molecule has 1 aliphatic rings. The van der Waals surface area contributed by atoms with Crippen LogP contribution in [-0.4, -0.2) is 30.0 Å². The van der Waals surface area contributed by atoms with Gasteiger partial charge in [0.15, 0.2) is 0 Å². The molecule has 0 spiro atoms. The molecule has 7 nitrogen and oxygen atoms in total. The van der Waals surface area contributed by atoms with Crippen LogP contribution in [0, 0.1) is 15.5 Å². The molecule has 1 aliphatic heterocycles.